The Labute approximate surface area is 129 Å². The maximum Gasteiger partial charge on any atom is 0.422 e. The van der Waals surface area contributed by atoms with Gasteiger partial charge in [0.1, 0.15) is 5.75 Å². The van der Waals surface area contributed by atoms with Gasteiger partial charge in [0.05, 0.1) is 18.3 Å². The van der Waals surface area contributed by atoms with Gasteiger partial charge in [0.2, 0.25) is 5.91 Å². The molecule has 0 fully saturated rings. The van der Waals surface area contributed by atoms with Crippen LogP contribution in [0.1, 0.15) is 5.56 Å². The van der Waals surface area contributed by atoms with E-state index in [0.717, 1.165) is 6.20 Å². The molecule has 0 saturated carbocycles. The molecule has 1 amide bonds. The van der Waals surface area contributed by atoms with E-state index in [-0.39, 0.29) is 17.9 Å². The first kappa shape index (κ1) is 16.7. The lowest BCUT2D eigenvalue weighted by molar-refractivity contribution is -0.153. The Balaban J connectivity index is 1.97. The van der Waals surface area contributed by atoms with Crippen LogP contribution in [0.5, 0.6) is 5.75 Å². The smallest absolute Gasteiger partial charge is 0.422 e. The number of rotatable bonds is 5. The molecule has 122 valence electrons. The Morgan fingerprint density at radius 3 is 2.74 bits per heavy atom. The molecule has 0 saturated heterocycles. The molecule has 8 heteroatoms. The molecule has 1 aromatic carbocycles. The highest BCUT2D eigenvalue weighted by atomic mass is 19.4. The average Bonchev–Trinajstić information content (AvgIpc) is 2.47. The number of ether oxygens (including phenoxy) is 1. The van der Waals surface area contributed by atoms with Gasteiger partial charge in [-0.1, -0.05) is 12.1 Å². The second-order valence-corrected chi connectivity index (χ2v) is 4.63. The molecular formula is C15H12F4N2O2. The normalized spacial score (nSPS) is 11.1. The maximum absolute atomic E-state index is 13.4. The molecule has 4 nitrogen and oxygen atoms in total. The Morgan fingerprint density at radius 2 is 2.04 bits per heavy atom. The van der Waals surface area contributed by atoms with Gasteiger partial charge in [0.15, 0.2) is 12.4 Å². The lowest BCUT2D eigenvalue weighted by Crippen LogP contribution is -2.19. The van der Waals surface area contributed by atoms with Crippen molar-refractivity contribution in [1.82, 2.24) is 4.98 Å². The molecule has 0 bridgehead atoms. The third-order valence-corrected chi connectivity index (χ3v) is 2.71. The summed E-state index contributed by atoms with van der Waals surface area (Å²) in [5.41, 5.74) is 0.422. The third kappa shape index (κ3) is 5.57. The minimum Gasteiger partial charge on any atom is -0.484 e. The summed E-state index contributed by atoms with van der Waals surface area (Å²) >= 11 is 0. The zero-order chi connectivity index (χ0) is 16.9. The van der Waals surface area contributed by atoms with Crippen molar-refractivity contribution in [3.63, 3.8) is 0 Å². The molecule has 2 rings (SSSR count). The van der Waals surface area contributed by atoms with Gasteiger partial charge in [-0.25, -0.2) is 4.39 Å². The summed E-state index contributed by atoms with van der Waals surface area (Å²) in [6.07, 6.45) is -2.29. The molecule has 1 aromatic heterocycles. The molecule has 23 heavy (non-hydrogen) atoms. The summed E-state index contributed by atoms with van der Waals surface area (Å²) in [5.74, 6) is -1.19. The fourth-order valence-electron chi connectivity index (χ4n) is 1.77. The number of nitrogens with one attached hydrogen (secondary N) is 1. The number of amides is 1. The molecule has 0 unspecified atom stereocenters. The quantitative estimate of drug-likeness (QED) is 0.857. The number of pyridine rings is 1. The summed E-state index contributed by atoms with van der Waals surface area (Å²) in [4.78, 5) is 15.4. The summed E-state index contributed by atoms with van der Waals surface area (Å²) in [5, 5.41) is 2.36. The van der Waals surface area contributed by atoms with E-state index in [1.807, 2.05) is 0 Å². The van der Waals surface area contributed by atoms with E-state index in [4.69, 9.17) is 0 Å². The lowest BCUT2D eigenvalue weighted by Gasteiger charge is -2.10. The number of benzene rings is 1. The standard InChI is InChI=1S/C15H12F4N2O2/c16-12-8-20-5-4-13(12)21-14(22)7-10-2-1-3-11(6-10)23-9-15(17,18)19/h1-6,8H,7,9H2,(H,20,21,22). The van der Waals surface area contributed by atoms with E-state index in [1.54, 1.807) is 6.07 Å². The molecule has 1 heterocycles. The van der Waals surface area contributed by atoms with Gasteiger partial charge in [-0.3, -0.25) is 9.78 Å². The van der Waals surface area contributed by atoms with Crippen LogP contribution >= 0.6 is 0 Å². The van der Waals surface area contributed by atoms with E-state index < -0.39 is 24.5 Å². The predicted molar refractivity (Wildman–Crippen MR) is 74.5 cm³/mol. The van der Waals surface area contributed by atoms with E-state index in [9.17, 15) is 22.4 Å². The number of halogens is 4. The van der Waals surface area contributed by atoms with Gasteiger partial charge in [-0.2, -0.15) is 13.2 Å². The van der Waals surface area contributed by atoms with Crippen molar-refractivity contribution < 1.29 is 27.1 Å². The van der Waals surface area contributed by atoms with E-state index in [0.29, 0.717) is 5.56 Å². The minimum absolute atomic E-state index is 0.00252. The largest absolute Gasteiger partial charge is 0.484 e. The third-order valence-electron chi connectivity index (χ3n) is 2.71. The first-order chi connectivity index (χ1) is 10.8. The SMILES string of the molecule is O=C(Cc1cccc(OCC(F)(F)F)c1)Nc1ccncc1F. The zero-order valence-corrected chi connectivity index (χ0v) is 11.7. The highest BCUT2D eigenvalue weighted by Gasteiger charge is 2.28. The summed E-state index contributed by atoms with van der Waals surface area (Å²) < 4.78 is 54.3. The number of anilines is 1. The Hall–Kier alpha value is -2.64. The van der Waals surface area contributed by atoms with Crippen molar-refractivity contribution in [1.29, 1.82) is 0 Å². The van der Waals surface area contributed by atoms with Crippen molar-refractivity contribution >= 4 is 11.6 Å². The monoisotopic (exact) mass is 328 g/mol. The van der Waals surface area contributed by atoms with Gasteiger partial charge in [0, 0.05) is 6.20 Å². The fraction of sp³-hybridized carbons (Fsp3) is 0.200. The first-order valence-electron chi connectivity index (χ1n) is 6.51. The van der Waals surface area contributed by atoms with E-state index in [2.05, 4.69) is 15.0 Å². The van der Waals surface area contributed by atoms with Gasteiger partial charge in [-0.05, 0) is 23.8 Å². The van der Waals surface area contributed by atoms with Gasteiger partial charge < -0.3 is 10.1 Å². The van der Waals surface area contributed by atoms with Gasteiger partial charge in [0.25, 0.3) is 0 Å². The molecule has 0 aliphatic rings. The predicted octanol–water partition coefficient (Wildman–Crippen LogP) is 3.34. The van der Waals surface area contributed by atoms with Crippen LogP contribution in [0.3, 0.4) is 0 Å². The molecule has 0 aliphatic heterocycles. The Bertz CT molecular complexity index is 689. The molecule has 0 spiro atoms. The van der Waals surface area contributed by atoms with Crippen molar-refractivity contribution in [2.24, 2.45) is 0 Å². The molecule has 0 atom stereocenters. The molecule has 2 aromatic rings. The van der Waals surface area contributed by atoms with Crippen LogP contribution < -0.4 is 10.1 Å². The maximum atomic E-state index is 13.4. The summed E-state index contributed by atoms with van der Waals surface area (Å²) in [6.45, 7) is -1.41. The zero-order valence-electron chi connectivity index (χ0n) is 11.7. The number of hydrogen-bond acceptors (Lipinski definition) is 3. The second kappa shape index (κ2) is 7.08. The van der Waals surface area contributed by atoms with Crippen LogP contribution in [0.25, 0.3) is 0 Å². The van der Waals surface area contributed by atoms with Gasteiger partial charge in [-0.15, -0.1) is 0 Å². The van der Waals surface area contributed by atoms with Crippen LogP contribution in [-0.2, 0) is 11.2 Å². The Morgan fingerprint density at radius 1 is 1.26 bits per heavy atom. The topological polar surface area (TPSA) is 51.2 Å². The van der Waals surface area contributed by atoms with Gasteiger partial charge >= 0.3 is 6.18 Å². The molecular weight excluding hydrogens is 316 g/mol. The highest BCUT2D eigenvalue weighted by Crippen LogP contribution is 2.20. The van der Waals surface area contributed by atoms with Crippen molar-refractivity contribution in [3.05, 3.63) is 54.1 Å². The van der Waals surface area contributed by atoms with Crippen molar-refractivity contribution in [2.75, 3.05) is 11.9 Å². The number of carbonyl (C=O) groups is 1. The van der Waals surface area contributed by atoms with E-state index in [1.165, 1.54) is 30.5 Å². The van der Waals surface area contributed by atoms with Crippen LogP contribution in [0, 0.1) is 5.82 Å². The number of nitrogens with zero attached hydrogens (tertiary/aromatic N) is 1. The molecule has 1 N–H and O–H groups in total. The van der Waals surface area contributed by atoms with E-state index >= 15 is 0 Å². The number of aromatic nitrogens is 1. The Kier molecular flexibility index (Phi) is 5.15. The second-order valence-electron chi connectivity index (χ2n) is 4.63. The number of carbonyl (C=O) groups excluding carboxylic acids is 1. The van der Waals surface area contributed by atoms with Crippen LogP contribution in [0.2, 0.25) is 0 Å². The number of hydrogen-bond donors (Lipinski definition) is 1. The minimum atomic E-state index is -4.44. The van der Waals surface area contributed by atoms with Crippen molar-refractivity contribution in [3.8, 4) is 5.75 Å². The number of alkyl halides is 3. The molecule has 0 radical (unpaired) electrons. The van der Waals surface area contributed by atoms with Crippen molar-refractivity contribution in [2.45, 2.75) is 12.6 Å². The summed E-state index contributed by atoms with van der Waals surface area (Å²) in [6, 6.07) is 7.02. The summed E-state index contributed by atoms with van der Waals surface area (Å²) in [7, 11) is 0. The van der Waals surface area contributed by atoms with Crippen LogP contribution in [0.15, 0.2) is 42.7 Å². The van der Waals surface area contributed by atoms with Crippen LogP contribution in [-0.4, -0.2) is 23.7 Å². The fourth-order valence-corrected chi connectivity index (χ4v) is 1.77. The highest BCUT2D eigenvalue weighted by molar-refractivity contribution is 5.92. The first-order valence-corrected chi connectivity index (χ1v) is 6.51. The van der Waals surface area contributed by atoms with Crippen LogP contribution in [0.4, 0.5) is 23.2 Å². The lowest BCUT2D eigenvalue weighted by atomic mass is 10.1. The average molecular weight is 328 g/mol. The molecule has 0 aliphatic carbocycles.